The van der Waals surface area contributed by atoms with Crippen molar-refractivity contribution in [3.63, 3.8) is 0 Å². The summed E-state index contributed by atoms with van der Waals surface area (Å²) in [5, 5.41) is 2.75. The summed E-state index contributed by atoms with van der Waals surface area (Å²) < 4.78 is 0.456. The summed E-state index contributed by atoms with van der Waals surface area (Å²) in [6.45, 7) is 2.79. The fourth-order valence-electron chi connectivity index (χ4n) is 0.144. The van der Waals surface area contributed by atoms with Crippen LogP contribution >= 0.6 is 24.8 Å². The minimum atomic E-state index is 0.456. The number of thiocarbonyl (C=S) groups is 1. The Kier molecular flexibility index (Phi) is 3.37. The second kappa shape index (κ2) is 3.31. The molecule has 0 aromatic carbocycles. The van der Waals surface area contributed by atoms with Crippen LogP contribution in [-0.4, -0.2) is 10.9 Å². The summed E-state index contributed by atoms with van der Waals surface area (Å²) in [5.41, 5.74) is 0. The molecule has 0 aliphatic rings. The molecule has 0 fully saturated rings. The van der Waals surface area contributed by atoms with Gasteiger partial charge in [-0.05, 0) is 31.8 Å². The SMILES string of the molecule is CCNC([S])=S. The van der Waals surface area contributed by atoms with Gasteiger partial charge in [-0.15, -0.1) is 0 Å². The standard InChI is InChI=1S/C3H6NS2/c1-2-4-3(5)6/h2H2,1H3,(H,4,5). The molecule has 0 amide bonds. The van der Waals surface area contributed by atoms with Crippen molar-refractivity contribution >= 4 is 29.2 Å². The van der Waals surface area contributed by atoms with Crippen LogP contribution < -0.4 is 5.32 Å². The van der Waals surface area contributed by atoms with Gasteiger partial charge in [0.2, 0.25) is 0 Å². The van der Waals surface area contributed by atoms with E-state index in [1.54, 1.807) is 0 Å². The van der Waals surface area contributed by atoms with Gasteiger partial charge in [-0.2, -0.15) is 0 Å². The minimum Gasteiger partial charge on any atom is -0.368 e. The quantitative estimate of drug-likeness (QED) is 0.520. The van der Waals surface area contributed by atoms with Gasteiger partial charge in [0.1, 0.15) is 0 Å². The van der Waals surface area contributed by atoms with Crippen molar-refractivity contribution in [3.05, 3.63) is 0 Å². The van der Waals surface area contributed by atoms with Gasteiger partial charge < -0.3 is 5.32 Å². The van der Waals surface area contributed by atoms with Gasteiger partial charge >= 0.3 is 0 Å². The maximum atomic E-state index is 4.50. The number of rotatable bonds is 1. The van der Waals surface area contributed by atoms with Gasteiger partial charge in [0.25, 0.3) is 0 Å². The molecular formula is C3H6NS2. The minimum absolute atomic E-state index is 0.456. The molecule has 6 heavy (non-hydrogen) atoms. The van der Waals surface area contributed by atoms with Crippen LogP contribution in [0.5, 0.6) is 0 Å². The highest BCUT2D eigenvalue weighted by molar-refractivity contribution is 8.11. The predicted octanol–water partition coefficient (Wildman–Crippen LogP) is 1.08. The molecular weight excluding hydrogens is 114 g/mol. The van der Waals surface area contributed by atoms with Crippen molar-refractivity contribution in [2.75, 3.05) is 6.54 Å². The third-order valence-corrected chi connectivity index (χ3v) is 0.610. The molecule has 0 unspecified atom stereocenters. The maximum absolute atomic E-state index is 4.50. The molecule has 0 saturated heterocycles. The van der Waals surface area contributed by atoms with Crippen LogP contribution in [0.25, 0.3) is 0 Å². The molecule has 1 radical (unpaired) electrons. The van der Waals surface area contributed by atoms with Gasteiger partial charge in [-0.3, -0.25) is 0 Å². The van der Waals surface area contributed by atoms with Crippen LogP contribution in [0, 0.1) is 0 Å². The van der Waals surface area contributed by atoms with Gasteiger partial charge in [0, 0.05) is 6.54 Å². The Morgan fingerprint density at radius 3 is 2.33 bits per heavy atom. The normalized spacial score (nSPS) is 7.50. The van der Waals surface area contributed by atoms with Crippen molar-refractivity contribution in [2.24, 2.45) is 0 Å². The Bertz CT molecular complexity index is 52.8. The molecule has 1 N–H and O–H groups in total. The topological polar surface area (TPSA) is 12.0 Å². The molecule has 0 atom stereocenters. The molecule has 0 aliphatic heterocycles. The molecule has 3 heteroatoms. The number of hydrogen-bond donors (Lipinski definition) is 1. The maximum Gasteiger partial charge on any atom is 0.164 e. The summed E-state index contributed by atoms with van der Waals surface area (Å²) in [5.74, 6) is 0. The average Bonchev–Trinajstić information content (AvgIpc) is 1.35. The molecule has 1 nitrogen and oxygen atoms in total. The lowest BCUT2D eigenvalue weighted by atomic mass is 10.8. The monoisotopic (exact) mass is 120 g/mol. The van der Waals surface area contributed by atoms with E-state index < -0.39 is 0 Å². The summed E-state index contributed by atoms with van der Waals surface area (Å²) in [6.07, 6.45) is 0. The van der Waals surface area contributed by atoms with Crippen molar-refractivity contribution in [3.8, 4) is 0 Å². The van der Waals surface area contributed by atoms with E-state index >= 15 is 0 Å². The Labute approximate surface area is 48.5 Å². The fourth-order valence-corrected chi connectivity index (χ4v) is 0.433. The Morgan fingerprint density at radius 1 is 1.83 bits per heavy atom. The Morgan fingerprint density at radius 2 is 2.33 bits per heavy atom. The molecule has 0 saturated carbocycles. The molecule has 0 rings (SSSR count). The predicted molar refractivity (Wildman–Crippen MR) is 33.9 cm³/mol. The van der Waals surface area contributed by atoms with Crippen LogP contribution in [0.3, 0.4) is 0 Å². The summed E-state index contributed by atoms with van der Waals surface area (Å²) in [4.78, 5) is 0. The molecule has 0 spiro atoms. The van der Waals surface area contributed by atoms with E-state index in [1.165, 1.54) is 0 Å². The third kappa shape index (κ3) is 4.11. The van der Waals surface area contributed by atoms with E-state index in [2.05, 4.69) is 30.2 Å². The zero-order chi connectivity index (χ0) is 4.99. The van der Waals surface area contributed by atoms with Crippen molar-refractivity contribution < 1.29 is 0 Å². The van der Waals surface area contributed by atoms with E-state index in [1.807, 2.05) is 6.92 Å². The molecule has 0 aliphatic carbocycles. The van der Waals surface area contributed by atoms with Crippen molar-refractivity contribution in [1.29, 1.82) is 0 Å². The smallest absolute Gasteiger partial charge is 0.164 e. The second-order valence-electron chi connectivity index (χ2n) is 0.818. The Balaban J connectivity index is 2.83. The largest absolute Gasteiger partial charge is 0.368 e. The van der Waals surface area contributed by atoms with Crippen LogP contribution in [0.2, 0.25) is 0 Å². The van der Waals surface area contributed by atoms with E-state index in [0.717, 1.165) is 6.54 Å². The van der Waals surface area contributed by atoms with Gasteiger partial charge in [0.05, 0.1) is 0 Å². The first-order chi connectivity index (χ1) is 2.77. The van der Waals surface area contributed by atoms with Gasteiger partial charge in [-0.1, -0.05) is 0 Å². The molecule has 0 bridgehead atoms. The highest BCUT2D eigenvalue weighted by Gasteiger charge is 1.77. The first-order valence-corrected chi connectivity index (χ1v) is 2.54. The average molecular weight is 120 g/mol. The summed E-state index contributed by atoms with van der Waals surface area (Å²) >= 11 is 9.00. The van der Waals surface area contributed by atoms with Crippen LogP contribution in [0.4, 0.5) is 0 Å². The molecule has 0 heterocycles. The lowest BCUT2D eigenvalue weighted by Crippen LogP contribution is -2.14. The molecule has 0 aromatic rings. The van der Waals surface area contributed by atoms with E-state index in [9.17, 15) is 0 Å². The number of hydrogen-bond acceptors (Lipinski definition) is 1. The number of nitrogens with one attached hydrogen (secondary N) is 1. The van der Waals surface area contributed by atoms with Gasteiger partial charge in [-0.25, -0.2) is 0 Å². The van der Waals surface area contributed by atoms with E-state index in [4.69, 9.17) is 0 Å². The van der Waals surface area contributed by atoms with Crippen molar-refractivity contribution in [2.45, 2.75) is 6.92 Å². The molecule has 0 aromatic heterocycles. The molecule has 35 valence electrons. The second-order valence-corrected chi connectivity index (χ2v) is 1.89. The zero-order valence-corrected chi connectivity index (χ0v) is 5.16. The first kappa shape index (κ1) is 6.11. The highest BCUT2D eigenvalue weighted by atomic mass is 32.1. The van der Waals surface area contributed by atoms with Crippen LogP contribution in [-0.2, 0) is 0 Å². The summed E-state index contributed by atoms with van der Waals surface area (Å²) in [6, 6.07) is 0. The van der Waals surface area contributed by atoms with E-state index in [-0.39, 0.29) is 0 Å². The van der Waals surface area contributed by atoms with Crippen molar-refractivity contribution in [1.82, 2.24) is 5.32 Å². The van der Waals surface area contributed by atoms with Crippen LogP contribution in [0.1, 0.15) is 6.92 Å². The summed E-state index contributed by atoms with van der Waals surface area (Å²) in [7, 11) is 0. The lowest BCUT2D eigenvalue weighted by Gasteiger charge is -1.90. The zero-order valence-electron chi connectivity index (χ0n) is 3.52. The lowest BCUT2D eigenvalue weighted by molar-refractivity contribution is 0.996. The van der Waals surface area contributed by atoms with Crippen LogP contribution in [0.15, 0.2) is 0 Å². The van der Waals surface area contributed by atoms with Gasteiger partial charge in [0.15, 0.2) is 4.32 Å². The highest BCUT2D eigenvalue weighted by Crippen LogP contribution is 1.72. The fraction of sp³-hybridized carbons (Fsp3) is 0.667. The first-order valence-electron chi connectivity index (χ1n) is 1.72. The Hall–Kier alpha value is 0.110. The third-order valence-electron chi connectivity index (χ3n) is 0.321. The van der Waals surface area contributed by atoms with E-state index in [0.29, 0.717) is 4.32 Å².